The predicted octanol–water partition coefficient (Wildman–Crippen LogP) is 2.04. The second-order valence-corrected chi connectivity index (χ2v) is 5.53. The van der Waals surface area contributed by atoms with Crippen LogP contribution in [0, 0.1) is 0 Å². The first-order valence-corrected chi connectivity index (χ1v) is 6.90. The molecule has 4 heteroatoms. The topological polar surface area (TPSA) is 41.6 Å². The Morgan fingerprint density at radius 1 is 1.39 bits per heavy atom. The van der Waals surface area contributed by atoms with Gasteiger partial charge in [0.05, 0.1) is 7.11 Å². The lowest BCUT2D eigenvalue weighted by atomic mass is 9.96. The van der Waals surface area contributed by atoms with Crippen LogP contribution in [0.25, 0.3) is 0 Å². The minimum Gasteiger partial charge on any atom is -0.468 e. The van der Waals surface area contributed by atoms with E-state index in [2.05, 4.69) is 24.2 Å². The molecule has 1 N–H and O–H groups in total. The van der Waals surface area contributed by atoms with Gasteiger partial charge in [-0.25, -0.2) is 0 Å². The van der Waals surface area contributed by atoms with Crippen LogP contribution < -0.4 is 5.32 Å². The number of methoxy groups -OCH3 is 1. The van der Waals surface area contributed by atoms with E-state index in [1.165, 1.54) is 20.0 Å². The molecule has 0 radical (unpaired) electrons. The maximum atomic E-state index is 11.9. The van der Waals surface area contributed by atoms with Gasteiger partial charge in [0.2, 0.25) is 0 Å². The molecule has 0 aliphatic heterocycles. The fraction of sp³-hybridized carbons (Fsp3) is 0.929. The number of carbonyl (C=O) groups is 1. The first-order chi connectivity index (χ1) is 8.35. The molecule has 108 valence electrons. The second-order valence-electron chi connectivity index (χ2n) is 5.53. The van der Waals surface area contributed by atoms with E-state index < -0.39 is 5.54 Å². The van der Waals surface area contributed by atoms with Gasteiger partial charge >= 0.3 is 5.97 Å². The van der Waals surface area contributed by atoms with Gasteiger partial charge < -0.3 is 9.64 Å². The van der Waals surface area contributed by atoms with Crippen molar-refractivity contribution in [2.75, 3.05) is 27.2 Å². The molecular weight excluding hydrogens is 228 g/mol. The molecule has 0 saturated carbocycles. The number of hydrogen-bond donors (Lipinski definition) is 1. The van der Waals surface area contributed by atoms with E-state index in [9.17, 15) is 4.79 Å². The molecule has 0 bridgehead atoms. The van der Waals surface area contributed by atoms with Gasteiger partial charge in [-0.1, -0.05) is 13.3 Å². The number of hydrogen-bond acceptors (Lipinski definition) is 4. The summed E-state index contributed by atoms with van der Waals surface area (Å²) >= 11 is 0. The van der Waals surface area contributed by atoms with Crippen LogP contribution >= 0.6 is 0 Å². The number of unbranched alkanes of at least 4 members (excludes halogenated alkanes) is 1. The zero-order chi connectivity index (χ0) is 14.2. The summed E-state index contributed by atoms with van der Waals surface area (Å²) in [4.78, 5) is 14.2. The van der Waals surface area contributed by atoms with Crippen molar-refractivity contribution in [3.63, 3.8) is 0 Å². The average Bonchev–Trinajstić information content (AvgIpc) is 2.31. The second kappa shape index (κ2) is 8.48. The third-order valence-corrected chi connectivity index (χ3v) is 3.13. The minimum atomic E-state index is -0.594. The van der Waals surface area contributed by atoms with Crippen molar-refractivity contribution in [3.05, 3.63) is 0 Å². The molecule has 0 aromatic rings. The summed E-state index contributed by atoms with van der Waals surface area (Å²) in [5, 5.41) is 3.32. The maximum Gasteiger partial charge on any atom is 0.325 e. The van der Waals surface area contributed by atoms with Crippen LogP contribution in [0.5, 0.6) is 0 Å². The standard InChI is InChI=1S/C14H30N2O2/c1-7-8-10-16(5)11-9-14(4,13(17)18-6)15-12(2)3/h12,15H,7-11H2,1-6H3. The number of ether oxygens (including phenoxy) is 1. The first-order valence-electron chi connectivity index (χ1n) is 6.90. The van der Waals surface area contributed by atoms with Crippen molar-refractivity contribution in [2.45, 2.75) is 58.5 Å². The minimum absolute atomic E-state index is 0.180. The highest BCUT2D eigenvalue weighted by molar-refractivity contribution is 5.80. The van der Waals surface area contributed by atoms with Crippen LogP contribution in [-0.4, -0.2) is 49.7 Å². The zero-order valence-electron chi connectivity index (χ0n) is 12.9. The molecule has 0 amide bonds. The summed E-state index contributed by atoms with van der Waals surface area (Å²) in [6, 6.07) is 0.259. The van der Waals surface area contributed by atoms with Crippen molar-refractivity contribution < 1.29 is 9.53 Å². The highest BCUT2D eigenvalue weighted by Crippen LogP contribution is 2.14. The summed E-state index contributed by atoms with van der Waals surface area (Å²) in [5.41, 5.74) is -0.594. The van der Waals surface area contributed by atoms with Crippen LogP contribution in [0.4, 0.5) is 0 Å². The SMILES string of the molecule is CCCCN(C)CCC(C)(NC(C)C)C(=O)OC. The lowest BCUT2D eigenvalue weighted by Gasteiger charge is -2.31. The first kappa shape index (κ1) is 17.4. The van der Waals surface area contributed by atoms with Crippen molar-refractivity contribution in [1.29, 1.82) is 0 Å². The molecule has 0 rings (SSSR count). The van der Waals surface area contributed by atoms with Crippen molar-refractivity contribution in [2.24, 2.45) is 0 Å². The van der Waals surface area contributed by atoms with Crippen molar-refractivity contribution >= 4 is 5.97 Å². The Balaban J connectivity index is 4.37. The molecular formula is C14H30N2O2. The van der Waals surface area contributed by atoms with E-state index in [1.807, 2.05) is 20.8 Å². The molecule has 0 fully saturated rings. The number of nitrogens with one attached hydrogen (secondary N) is 1. The summed E-state index contributed by atoms with van der Waals surface area (Å²) in [6.45, 7) is 10.2. The summed E-state index contributed by atoms with van der Waals surface area (Å²) in [6.07, 6.45) is 3.16. The van der Waals surface area contributed by atoms with Gasteiger partial charge in [-0.3, -0.25) is 10.1 Å². The van der Waals surface area contributed by atoms with Crippen LogP contribution in [0.15, 0.2) is 0 Å². The van der Waals surface area contributed by atoms with Crippen LogP contribution in [0.2, 0.25) is 0 Å². The smallest absolute Gasteiger partial charge is 0.325 e. The normalized spacial score (nSPS) is 14.9. The van der Waals surface area contributed by atoms with Gasteiger partial charge in [0, 0.05) is 12.6 Å². The van der Waals surface area contributed by atoms with E-state index in [1.54, 1.807) is 0 Å². The fourth-order valence-electron chi connectivity index (χ4n) is 2.05. The molecule has 0 aromatic heterocycles. The van der Waals surface area contributed by atoms with Crippen LogP contribution in [0.1, 0.15) is 47.0 Å². The van der Waals surface area contributed by atoms with Crippen molar-refractivity contribution in [1.82, 2.24) is 10.2 Å². The van der Waals surface area contributed by atoms with E-state index >= 15 is 0 Å². The number of nitrogens with zero attached hydrogens (tertiary/aromatic N) is 1. The summed E-state index contributed by atoms with van der Waals surface area (Å²) in [5.74, 6) is -0.180. The number of rotatable bonds is 9. The highest BCUT2D eigenvalue weighted by Gasteiger charge is 2.34. The average molecular weight is 258 g/mol. The van der Waals surface area contributed by atoms with Gasteiger partial charge in [-0.15, -0.1) is 0 Å². The Labute approximate surface area is 112 Å². The molecule has 0 aliphatic carbocycles. The third kappa shape index (κ3) is 6.36. The van der Waals surface area contributed by atoms with Gasteiger partial charge in [0.1, 0.15) is 5.54 Å². The molecule has 4 nitrogen and oxygen atoms in total. The fourth-order valence-corrected chi connectivity index (χ4v) is 2.05. The van der Waals surface area contributed by atoms with Gasteiger partial charge in [0.15, 0.2) is 0 Å². The third-order valence-electron chi connectivity index (χ3n) is 3.13. The molecule has 0 heterocycles. The number of esters is 1. The summed E-state index contributed by atoms with van der Waals surface area (Å²) in [7, 11) is 3.55. The largest absolute Gasteiger partial charge is 0.468 e. The number of carbonyl (C=O) groups excluding carboxylic acids is 1. The Morgan fingerprint density at radius 3 is 2.44 bits per heavy atom. The Morgan fingerprint density at radius 2 is 2.00 bits per heavy atom. The highest BCUT2D eigenvalue weighted by atomic mass is 16.5. The molecule has 1 atom stereocenters. The molecule has 18 heavy (non-hydrogen) atoms. The van der Waals surface area contributed by atoms with Crippen LogP contribution in [0.3, 0.4) is 0 Å². The van der Waals surface area contributed by atoms with Crippen molar-refractivity contribution in [3.8, 4) is 0 Å². The Bertz CT molecular complexity index is 244. The molecule has 0 spiro atoms. The van der Waals surface area contributed by atoms with E-state index in [0.717, 1.165) is 19.5 Å². The quantitative estimate of drug-likeness (QED) is 0.643. The van der Waals surface area contributed by atoms with Gasteiger partial charge in [-0.2, -0.15) is 0 Å². The van der Waals surface area contributed by atoms with E-state index in [0.29, 0.717) is 0 Å². The Hall–Kier alpha value is -0.610. The molecule has 0 saturated heterocycles. The van der Waals surface area contributed by atoms with Gasteiger partial charge in [-0.05, 0) is 47.2 Å². The molecule has 0 aromatic carbocycles. The monoisotopic (exact) mass is 258 g/mol. The van der Waals surface area contributed by atoms with E-state index in [4.69, 9.17) is 4.74 Å². The molecule has 0 aliphatic rings. The lowest BCUT2D eigenvalue weighted by Crippen LogP contribution is -2.54. The maximum absolute atomic E-state index is 11.9. The van der Waals surface area contributed by atoms with Crippen LogP contribution in [-0.2, 0) is 9.53 Å². The van der Waals surface area contributed by atoms with E-state index in [-0.39, 0.29) is 12.0 Å². The van der Waals surface area contributed by atoms with Gasteiger partial charge in [0.25, 0.3) is 0 Å². The predicted molar refractivity (Wildman–Crippen MR) is 75.7 cm³/mol. The molecule has 1 unspecified atom stereocenters. The lowest BCUT2D eigenvalue weighted by molar-refractivity contribution is -0.148. The summed E-state index contributed by atoms with van der Waals surface area (Å²) < 4.78 is 4.91. The zero-order valence-corrected chi connectivity index (χ0v) is 12.9. The Kier molecular flexibility index (Phi) is 8.20.